The second-order valence-electron chi connectivity index (χ2n) is 10.9. The van der Waals surface area contributed by atoms with E-state index in [0.717, 1.165) is 7.11 Å². The van der Waals surface area contributed by atoms with Crippen LogP contribution in [0, 0.1) is 47.3 Å². The summed E-state index contributed by atoms with van der Waals surface area (Å²) in [6.45, 7) is 3.38. The quantitative estimate of drug-likeness (QED) is 0.265. The van der Waals surface area contributed by atoms with Gasteiger partial charge in [0, 0.05) is 37.5 Å². The summed E-state index contributed by atoms with van der Waals surface area (Å²) >= 11 is 0. The Labute approximate surface area is 224 Å². The molecule has 0 bridgehead atoms. The second kappa shape index (κ2) is 9.61. The van der Waals surface area contributed by atoms with Crippen LogP contribution in [0.25, 0.3) is 0 Å². The highest BCUT2D eigenvalue weighted by molar-refractivity contribution is 6.32. The number of carbonyl (C=O) groups excluding carboxylic acids is 6. The summed E-state index contributed by atoms with van der Waals surface area (Å²) in [5, 5.41) is 22.7. The first-order valence-corrected chi connectivity index (χ1v) is 12.5. The first kappa shape index (κ1) is 28.0. The molecule has 2 unspecified atom stereocenters. The number of hydrogen-bond acceptors (Lipinski definition) is 10. The number of phenols is 1. The van der Waals surface area contributed by atoms with E-state index in [1.165, 1.54) is 6.07 Å². The van der Waals surface area contributed by atoms with Gasteiger partial charge in [-0.15, -0.1) is 0 Å². The largest absolute Gasteiger partial charge is 0.506 e. The zero-order valence-electron chi connectivity index (χ0n) is 22.2. The standard InChI is InChI=1S/C28H30N2O9/c1-11(2)18-15-9-13-8-14-16(30(3)4)10-12(6-7-17(31)39-5)22(32)20(14)24(34)19(13)25(35)28(15,38)26(36)21(23(18)33)27(29)37/h10-11,13,15,18-19,21,32,38H,8-9H2,1-5H3,(H2,29,37)/t13-,15-,18-,19?,21?,28-/m0/s1. The van der Waals surface area contributed by atoms with Crippen LogP contribution in [-0.2, 0) is 35.1 Å². The fourth-order valence-electron chi connectivity index (χ4n) is 6.57. The molecule has 0 radical (unpaired) electrons. The maximum atomic E-state index is 13.9. The molecule has 6 atom stereocenters. The molecule has 1 aromatic rings. The van der Waals surface area contributed by atoms with E-state index in [1.54, 1.807) is 32.8 Å². The molecule has 0 heterocycles. The fourth-order valence-corrected chi connectivity index (χ4v) is 6.57. The number of esters is 1. The van der Waals surface area contributed by atoms with Gasteiger partial charge in [0.25, 0.3) is 0 Å². The van der Waals surface area contributed by atoms with E-state index < -0.39 is 81.9 Å². The van der Waals surface area contributed by atoms with Gasteiger partial charge in [-0.1, -0.05) is 19.8 Å². The normalized spacial score (nSPS) is 29.6. The molecule has 2 fully saturated rings. The molecule has 2 saturated carbocycles. The molecule has 0 aromatic heterocycles. The number of Topliss-reactive ketones (excluding diaryl/α,β-unsaturated/α-hetero) is 4. The number of hydrogen-bond donors (Lipinski definition) is 3. The number of primary amides is 1. The van der Waals surface area contributed by atoms with Gasteiger partial charge in [0.05, 0.1) is 24.2 Å². The predicted octanol–water partition coefficient (Wildman–Crippen LogP) is -0.200. The van der Waals surface area contributed by atoms with Gasteiger partial charge in [-0.05, 0) is 36.3 Å². The molecule has 4 N–H and O–H groups in total. The number of amides is 1. The lowest BCUT2D eigenvalue weighted by Crippen LogP contribution is -2.71. The Bertz CT molecular complexity index is 1400. The van der Waals surface area contributed by atoms with Gasteiger partial charge >= 0.3 is 5.97 Å². The molecule has 1 aromatic carbocycles. The number of rotatable bonds is 3. The number of methoxy groups -OCH3 is 1. The highest BCUT2D eigenvalue weighted by Gasteiger charge is 2.69. The van der Waals surface area contributed by atoms with Gasteiger partial charge < -0.3 is 25.6 Å². The Kier molecular flexibility index (Phi) is 6.89. The zero-order chi connectivity index (χ0) is 29.1. The number of ether oxygens (including phenoxy) is 1. The molecule has 4 rings (SSSR count). The van der Waals surface area contributed by atoms with E-state index in [4.69, 9.17) is 5.73 Å². The number of ketones is 4. The lowest BCUT2D eigenvalue weighted by molar-refractivity contribution is -0.182. The Morgan fingerprint density at radius 3 is 2.36 bits per heavy atom. The summed E-state index contributed by atoms with van der Waals surface area (Å²) in [5.41, 5.74) is 3.29. The molecular formula is C28H30N2O9. The van der Waals surface area contributed by atoms with E-state index in [-0.39, 0.29) is 24.0 Å². The molecule has 3 aliphatic rings. The molecule has 0 spiro atoms. The third-order valence-electron chi connectivity index (χ3n) is 8.26. The SMILES string of the molecule is COC(=O)C#Cc1cc(N(C)C)c2c(c1O)C(=O)C1C(=O)[C@]3(O)C(=O)C(C(N)=O)C(=O)[C@@H](C(C)C)[C@@H]3C[C@@H]1C2. The summed E-state index contributed by atoms with van der Waals surface area (Å²) < 4.78 is 4.51. The van der Waals surface area contributed by atoms with Gasteiger partial charge in [0.2, 0.25) is 5.91 Å². The Hall–Kier alpha value is -4.04. The fraction of sp³-hybridized carbons (Fsp3) is 0.500. The number of benzene rings is 1. The van der Waals surface area contributed by atoms with Crippen LogP contribution >= 0.6 is 0 Å². The van der Waals surface area contributed by atoms with E-state index in [1.807, 2.05) is 0 Å². The molecule has 11 nitrogen and oxygen atoms in total. The maximum absolute atomic E-state index is 13.9. The number of aromatic hydroxyl groups is 1. The number of phenolic OH excluding ortho intramolecular Hbond substituents is 1. The summed E-state index contributed by atoms with van der Waals surface area (Å²) in [5.74, 6) is -8.73. The van der Waals surface area contributed by atoms with Crippen LogP contribution in [0.3, 0.4) is 0 Å². The van der Waals surface area contributed by atoms with Crippen molar-refractivity contribution in [2.45, 2.75) is 32.3 Å². The number of anilines is 1. The van der Waals surface area contributed by atoms with E-state index >= 15 is 0 Å². The highest BCUT2D eigenvalue weighted by Crippen LogP contribution is 2.54. The van der Waals surface area contributed by atoms with E-state index in [9.17, 15) is 39.0 Å². The van der Waals surface area contributed by atoms with Crippen LogP contribution in [0.15, 0.2) is 6.07 Å². The topological polar surface area (TPSA) is 181 Å². The van der Waals surface area contributed by atoms with Crippen molar-refractivity contribution >= 4 is 40.7 Å². The maximum Gasteiger partial charge on any atom is 0.384 e. The summed E-state index contributed by atoms with van der Waals surface area (Å²) in [6, 6.07) is 1.51. The van der Waals surface area contributed by atoms with Crippen molar-refractivity contribution in [3.8, 4) is 17.6 Å². The molecule has 0 aliphatic heterocycles. The molecule has 11 heteroatoms. The third-order valence-corrected chi connectivity index (χ3v) is 8.26. The van der Waals surface area contributed by atoms with Gasteiger partial charge in [-0.2, -0.15) is 0 Å². The Morgan fingerprint density at radius 1 is 1.18 bits per heavy atom. The van der Waals surface area contributed by atoms with Crippen LogP contribution in [0.1, 0.15) is 41.8 Å². The molecule has 1 amide bonds. The van der Waals surface area contributed by atoms with Crippen molar-refractivity contribution in [1.29, 1.82) is 0 Å². The van der Waals surface area contributed by atoms with Gasteiger partial charge in [0.1, 0.15) is 5.75 Å². The molecule has 206 valence electrons. The van der Waals surface area contributed by atoms with Crippen molar-refractivity contribution in [3.05, 3.63) is 22.8 Å². The molecule has 0 saturated heterocycles. The van der Waals surface area contributed by atoms with Crippen LogP contribution in [-0.4, -0.2) is 72.0 Å². The van der Waals surface area contributed by atoms with Crippen molar-refractivity contribution < 1.29 is 43.7 Å². The lowest BCUT2D eigenvalue weighted by atomic mass is 9.49. The number of fused-ring (bicyclic) bond motifs is 3. The van der Waals surface area contributed by atoms with Crippen molar-refractivity contribution in [2.75, 3.05) is 26.1 Å². The third kappa shape index (κ3) is 4.01. The minimum absolute atomic E-state index is 0.0125. The van der Waals surface area contributed by atoms with Crippen molar-refractivity contribution in [1.82, 2.24) is 0 Å². The smallest absolute Gasteiger partial charge is 0.384 e. The average Bonchev–Trinajstić information content (AvgIpc) is 2.84. The number of carbonyl (C=O) groups is 6. The van der Waals surface area contributed by atoms with E-state index in [2.05, 4.69) is 16.6 Å². The van der Waals surface area contributed by atoms with Crippen molar-refractivity contribution in [2.24, 2.45) is 41.2 Å². The van der Waals surface area contributed by atoms with Crippen LogP contribution in [0.2, 0.25) is 0 Å². The second-order valence-corrected chi connectivity index (χ2v) is 10.9. The van der Waals surface area contributed by atoms with Gasteiger partial charge in [0.15, 0.2) is 34.7 Å². The zero-order valence-corrected chi connectivity index (χ0v) is 22.2. The summed E-state index contributed by atoms with van der Waals surface area (Å²) in [6.07, 6.45) is 0.115. The minimum Gasteiger partial charge on any atom is -0.506 e. The predicted molar refractivity (Wildman–Crippen MR) is 135 cm³/mol. The van der Waals surface area contributed by atoms with E-state index in [0.29, 0.717) is 11.3 Å². The number of nitrogens with two attached hydrogens (primary N) is 1. The molecule has 3 aliphatic carbocycles. The number of nitrogens with zero attached hydrogens (tertiary/aromatic N) is 1. The first-order chi connectivity index (χ1) is 18.2. The van der Waals surface area contributed by atoms with Crippen LogP contribution in [0.4, 0.5) is 5.69 Å². The summed E-state index contributed by atoms with van der Waals surface area (Å²) in [7, 11) is 4.56. The monoisotopic (exact) mass is 538 g/mol. The molecular weight excluding hydrogens is 508 g/mol. The minimum atomic E-state index is -2.76. The average molecular weight is 539 g/mol. The van der Waals surface area contributed by atoms with Crippen molar-refractivity contribution in [3.63, 3.8) is 0 Å². The lowest BCUT2D eigenvalue weighted by Gasteiger charge is -2.52. The highest BCUT2D eigenvalue weighted by atomic mass is 16.5. The number of aliphatic hydroxyl groups is 1. The Morgan fingerprint density at radius 2 is 1.82 bits per heavy atom. The molecule has 39 heavy (non-hydrogen) atoms. The van der Waals surface area contributed by atoms with Gasteiger partial charge in [-0.25, -0.2) is 4.79 Å². The summed E-state index contributed by atoms with van der Waals surface area (Å²) in [4.78, 5) is 79.7. The van der Waals surface area contributed by atoms with Crippen LogP contribution < -0.4 is 10.6 Å². The first-order valence-electron chi connectivity index (χ1n) is 12.5. The van der Waals surface area contributed by atoms with Crippen LogP contribution in [0.5, 0.6) is 5.75 Å². The van der Waals surface area contributed by atoms with Gasteiger partial charge in [-0.3, -0.25) is 24.0 Å². The Balaban J connectivity index is 1.90.